The Labute approximate surface area is 122 Å². The Bertz CT molecular complexity index is 439. The van der Waals surface area contributed by atoms with Crippen LogP contribution in [0.15, 0.2) is 18.2 Å². The number of benzene rings is 1. The van der Waals surface area contributed by atoms with E-state index < -0.39 is 0 Å². The average Bonchev–Trinajstić information content (AvgIpc) is 2.46. The van der Waals surface area contributed by atoms with Gasteiger partial charge in [0.1, 0.15) is 17.1 Å². The lowest BCUT2D eigenvalue weighted by atomic mass is 9.81. The third-order valence-electron chi connectivity index (χ3n) is 4.25. The summed E-state index contributed by atoms with van der Waals surface area (Å²) in [6.07, 6.45) is 5.57. The molecule has 1 N–H and O–H groups in total. The van der Waals surface area contributed by atoms with E-state index in [9.17, 15) is 0 Å². The first kappa shape index (κ1) is 15.2. The lowest BCUT2D eigenvalue weighted by molar-refractivity contribution is 0.0137. The molecule has 0 aliphatic carbocycles. The summed E-state index contributed by atoms with van der Waals surface area (Å²) in [5.74, 6) is 1.91. The van der Waals surface area contributed by atoms with Gasteiger partial charge in [-0.15, -0.1) is 0 Å². The van der Waals surface area contributed by atoms with Crippen molar-refractivity contribution in [2.24, 2.45) is 0 Å². The monoisotopic (exact) mass is 277 g/mol. The molecule has 1 aromatic rings. The molecule has 1 unspecified atom stereocenters. The van der Waals surface area contributed by atoms with Gasteiger partial charge in [0.25, 0.3) is 0 Å². The minimum absolute atomic E-state index is 0.0151. The highest BCUT2D eigenvalue weighted by Crippen LogP contribution is 2.44. The molecule has 0 saturated carbocycles. The molecular weight excluding hydrogens is 250 g/mol. The standard InChI is InChI=1S/C17H27NO2/c1-5-9-17(10-6-2)12-15(18-3)14-11-13(19-4)7-8-16(14)20-17/h7-8,11,15,18H,5-6,9-10,12H2,1-4H3. The van der Waals surface area contributed by atoms with Crippen molar-refractivity contribution in [3.63, 3.8) is 0 Å². The highest BCUT2D eigenvalue weighted by molar-refractivity contribution is 5.44. The second kappa shape index (κ2) is 6.49. The number of nitrogens with one attached hydrogen (secondary N) is 1. The maximum Gasteiger partial charge on any atom is 0.125 e. The zero-order valence-corrected chi connectivity index (χ0v) is 13.2. The van der Waals surface area contributed by atoms with Gasteiger partial charge < -0.3 is 14.8 Å². The van der Waals surface area contributed by atoms with E-state index in [0.717, 1.165) is 43.6 Å². The molecule has 1 aromatic carbocycles. The second-order valence-electron chi connectivity index (χ2n) is 5.73. The zero-order valence-electron chi connectivity index (χ0n) is 13.2. The van der Waals surface area contributed by atoms with E-state index in [1.807, 2.05) is 13.1 Å². The largest absolute Gasteiger partial charge is 0.497 e. The molecule has 1 heterocycles. The predicted octanol–water partition coefficient (Wildman–Crippen LogP) is 4.08. The molecule has 0 spiro atoms. The molecule has 3 heteroatoms. The number of ether oxygens (including phenoxy) is 2. The average molecular weight is 277 g/mol. The fraction of sp³-hybridized carbons (Fsp3) is 0.647. The Morgan fingerprint density at radius 1 is 1.30 bits per heavy atom. The minimum Gasteiger partial charge on any atom is -0.497 e. The van der Waals surface area contributed by atoms with Gasteiger partial charge in [-0.05, 0) is 38.1 Å². The van der Waals surface area contributed by atoms with Gasteiger partial charge >= 0.3 is 0 Å². The molecule has 0 amide bonds. The van der Waals surface area contributed by atoms with Gasteiger partial charge in [0.2, 0.25) is 0 Å². The molecule has 2 rings (SSSR count). The fourth-order valence-electron chi connectivity index (χ4n) is 3.38. The first-order chi connectivity index (χ1) is 9.68. The van der Waals surface area contributed by atoms with Crippen LogP contribution in [0.1, 0.15) is 57.6 Å². The Hall–Kier alpha value is -1.22. The summed E-state index contributed by atoms with van der Waals surface area (Å²) in [4.78, 5) is 0. The summed E-state index contributed by atoms with van der Waals surface area (Å²) in [6.45, 7) is 4.47. The van der Waals surface area contributed by atoms with Crippen LogP contribution < -0.4 is 14.8 Å². The number of fused-ring (bicyclic) bond motifs is 1. The van der Waals surface area contributed by atoms with Crippen LogP contribution >= 0.6 is 0 Å². The second-order valence-corrected chi connectivity index (χ2v) is 5.73. The van der Waals surface area contributed by atoms with Crippen molar-refractivity contribution in [3.8, 4) is 11.5 Å². The molecule has 1 aliphatic rings. The molecule has 0 aromatic heterocycles. The molecule has 1 atom stereocenters. The molecule has 1 aliphatic heterocycles. The summed E-state index contributed by atoms with van der Waals surface area (Å²) >= 11 is 0. The highest BCUT2D eigenvalue weighted by Gasteiger charge is 2.39. The van der Waals surface area contributed by atoms with E-state index in [0.29, 0.717) is 6.04 Å². The maximum absolute atomic E-state index is 6.44. The van der Waals surface area contributed by atoms with Crippen molar-refractivity contribution in [3.05, 3.63) is 23.8 Å². The molecule has 0 saturated heterocycles. The van der Waals surface area contributed by atoms with Gasteiger partial charge in [-0.2, -0.15) is 0 Å². The van der Waals surface area contributed by atoms with E-state index in [2.05, 4.69) is 31.3 Å². The molecule has 0 bridgehead atoms. The number of rotatable bonds is 6. The summed E-state index contributed by atoms with van der Waals surface area (Å²) in [7, 11) is 3.74. The smallest absolute Gasteiger partial charge is 0.125 e. The molecule has 112 valence electrons. The van der Waals surface area contributed by atoms with E-state index >= 15 is 0 Å². The first-order valence-electron chi connectivity index (χ1n) is 7.72. The van der Waals surface area contributed by atoms with Gasteiger partial charge in [0.05, 0.1) is 7.11 Å². The van der Waals surface area contributed by atoms with Gasteiger partial charge in [-0.25, -0.2) is 0 Å². The van der Waals surface area contributed by atoms with Crippen molar-refractivity contribution in [2.45, 2.75) is 57.6 Å². The van der Waals surface area contributed by atoms with Crippen LogP contribution in [0, 0.1) is 0 Å². The zero-order chi connectivity index (χ0) is 14.6. The fourth-order valence-corrected chi connectivity index (χ4v) is 3.38. The number of hydrogen-bond acceptors (Lipinski definition) is 3. The molecular formula is C17H27NO2. The minimum atomic E-state index is -0.0151. The van der Waals surface area contributed by atoms with Gasteiger partial charge in [0.15, 0.2) is 0 Å². The van der Waals surface area contributed by atoms with Crippen molar-refractivity contribution >= 4 is 0 Å². The van der Waals surface area contributed by atoms with Gasteiger partial charge in [0, 0.05) is 18.0 Å². The third kappa shape index (κ3) is 2.93. The summed E-state index contributed by atoms with van der Waals surface area (Å²) in [6, 6.07) is 6.47. The predicted molar refractivity (Wildman–Crippen MR) is 82.6 cm³/mol. The quantitative estimate of drug-likeness (QED) is 0.850. The normalized spacial score (nSPS) is 20.1. The van der Waals surface area contributed by atoms with Crippen LogP contribution in [0.4, 0.5) is 0 Å². The Kier molecular flexibility index (Phi) is 4.92. The van der Waals surface area contributed by atoms with Crippen LogP contribution in [0.25, 0.3) is 0 Å². The number of hydrogen-bond donors (Lipinski definition) is 1. The van der Waals surface area contributed by atoms with Crippen molar-refractivity contribution in [2.75, 3.05) is 14.2 Å². The van der Waals surface area contributed by atoms with Gasteiger partial charge in [-0.1, -0.05) is 26.7 Å². The summed E-state index contributed by atoms with van der Waals surface area (Å²) in [5.41, 5.74) is 1.20. The summed E-state index contributed by atoms with van der Waals surface area (Å²) in [5, 5.41) is 3.45. The van der Waals surface area contributed by atoms with E-state index in [-0.39, 0.29) is 5.60 Å². The van der Waals surface area contributed by atoms with Crippen molar-refractivity contribution in [1.82, 2.24) is 5.32 Å². The van der Waals surface area contributed by atoms with E-state index in [4.69, 9.17) is 9.47 Å². The SMILES string of the molecule is CCCC1(CCC)CC(NC)c2cc(OC)ccc2O1. The Balaban J connectivity index is 2.36. The lowest BCUT2D eigenvalue weighted by Gasteiger charge is -2.42. The van der Waals surface area contributed by atoms with Crippen LogP contribution in [0.5, 0.6) is 11.5 Å². The molecule has 0 radical (unpaired) electrons. The topological polar surface area (TPSA) is 30.5 Å². The Morgan fingerprint density at radius 3 is 2.55 bits per heavy atom. The van der Waals surface area contributed by atoms with Crippen molar-refractivity contribution in [1.29, 1.82) is 0 Å². The van der Waals surface area contributed by atoms with E-state index in [1.54, 1.807) is 7.11 Å². The molecule has 0 fully saturated rings. The van der Waals surface area contributed by atoms with Gasteiger partial charge in [-0.3, -0.25) is 0 Å². The Morgan fingerprint density at radius 2 is 2.00 bits per heavy atom. The van der Waals surface area contributed by atoms with Crippen LogP contribution in [-0.4, -0.2) is 19.8 Å². The van der Waals surface area contributed by atoms with E-state index in [1.165, 1.54) is 5.56 Å². The first-order valence-corrected chi connectivity index (χ1v) is 7.72. The van der Waals surface area contributed by atoms with Crippen LogP contribution in [0.3, 0.4) is 0 Å². The van der Waals surface area contributed by atoms with Crippen LogP contribution in [-0.2, 0) is 0 Å². The molecule has 20 heavy (non-hydrogen) atoms. The third-order valence-corrected chi connectivity index (χ3v) is 4.25. The molecule has 3 nitrogen and oxygen atoms in total. The van der Waals surface area contributed by atoms with Crippen LogP contribution in [0.2, 0.25) is 0 Å². The number of methoxy groups -OCH3 is 1. The van der Waals surface area contributed by atoms with Crippen molar-refractivity contribution < 1.29 is 9.47 Å². The summed E-state index contributed by atoms with van der Waals surface area (Å²) < 4.78 is 11.8. The lowest BCUT2D eigenvalue weighted by Crippen LogP contribution is -2.43. The maximum atomic E-state index is 6.44. The highest BCUT2D eigenvalue weighted by atomic mass is 16.5.